The molecular formula is C15H19N5O4S. The number of carboxylic acid groups (broad SMARTS) is 1. The van der Waals surface area contributed by atoms with Gasteiger partial charge in [0.05, 0.1) is 24.8 Å². The number of fused-ring (bicyclic) bond motifs is 1. The van der Waals surface area contributed by atoms with Gasteiger partial charge in [-0.15, -0.1) is 11.8 Å². The molecule has 0 spiro atoms. The van der Waals surface area contributed by atoms with Crippen molar-refractivity contribution >= 4 is 36.3 Å². The van der Waals surface area contributed by atoms with Gasteiger partial charge in [0.25, 0.3) is 0 Å². The lowest BCUT2D eigenvalue weighted by atomic mass is 9.78. The third-order valence-electron chi connectivity index (χ3n) is 4.74. The number of carboxylic acids is 1. The van der Waals surface area contributed by atoms with Crippen molar-refractivity contribution in [2.45, 2.75) is 31.2 Å². The smallest absolute Gasteiger partial charge is 0.353 e. The number of nitroso groups, excluding NO2 is 1. The highest BCUT2D eigenvalue weighted by atomic mass is 32.2. The van der Waals surface area contributed by atoms with Crippen LogP contribution in [0.5, 0.6) is 0 Å². The maximum atomic E-state index is 12.4. The Labute approximate surface area is 148 Å². The van der Waals surface area contributed by atoms with Crippen LogP contribution in [0.25, 0.3) is 0 Å². The second kappa shape index (κ2) is 6.95. The Balaban J connectivity index is 1.86. The van der Waals surface area contributed by atoms with Gasteiger partial charge in [-0.2, -0.15) is 4.91 Å². The predicted octanol–water partition coefficient (Wildman–Crippen LogP) is 0.676. The first kappa shape index (κ1) is 17.6. The van der Waals surface area contributed by atoms with Gasteiger partial charge in [0, 0.05) is 22.6 Å². The predicted molar refractivity (Wildman–Crippen MR) is 94.4 cm³/mol. The summed E-state index contributed by atoms with van der Waals surface area (Å²) in [4.78, 5) is 45.1. The minimum atomic E-state index is -1.13. The van der Waals surface area contributed by atoms with Crippen LogP contribution in [-0.4, -0.2) is 65.0 Å². The molecule has 25 heavy (non-hydrogen) atoms. The van der Waals surface area contributed by atoms with Crippen LogP contribution in [-0.2, 0) is 9.59 Å². The summed E-state index contributed by atoms with van der Waals surface area (Å²) in [7, 11) is 0. The van der Waals surface area contributed by atoms with Crippen LogP contribution in [0.2, 0.25) is 0 Å². The van der Waals surface area contributed by atoms with E-state index in [9.17, 15) is 19.6 Å². The number of amides is 1. The Bertz CT molecular complexity index is 691. The molecule has 10 heteroatoms. The van der Waals surface area contributed by atoms with Crippen molar-refractivity contribution in [3.05, 3.63) is 15.5 Å². The third-order valence-corrected chi connectivity index (χ3v) is 6.21. The molecule has 2 unspecified atom stereocenters. The molecule has 1 amide bonds. The Hall–Kier alpha value is -2.23. The molecule has 3 rings (SSSR count). The van der Waals surface area contributed by atoms with E-state index in [0.29, 0.717) is 18.0 Å². The number of carbonyl (C=O) groups excluding carboxylic acids is 1. The van der Waals surface area contributed by atoms with Crippen molar-refractivity contribution in [2.75, 3.05) is 13.1 Å². The van der Waals surface area contributed by atoms with E-state index in [4.69, 9.17) is 0 Å². The summed E-state index contributed by atoms with van der Waals surface area (Å²) >= 11 is 1.42. The molecule has 1 fully saturated rings. The van der Waals surface area contributed by atoms with Gasteiger partial charge < -0.3 is 15.3 Å². The molecule has 0 saturated carbocycles. The Kier molecular flexibility index (Phi) is 4.89. The average molecular weight is 365 g/mol. The second-order valence-electron chi connectivity index (χ2n) is 6.28. The third kappa shape index (κ3) is 2.94. The largest absolute Gasteiger partial charge is 0.477 e. The number of rotatable bonds is 5. The first-order valence-corrected chi connectivity index (χ1v) is 8.88. The SMILES string of the molecule is C[C@H]1C(SC2C/N=C/N=C\NC2)=C(C(=O)O)N2C(=O)[C@H]([C@@H](C)N=O)C12. The van der Waals surface area contributed by atoms with Gasteiger partial charge in [-0.05, 0) is 6.92 Å². The molecule has 0 aromatic heterocycles. The maximum Gasteiger partial charge on any atom is 0.353 e. The summed E-state index contributed by atoms with van der Waals surface area (Å²) in [6.45, 7) is 4.57. The summed E-state index contributed by atoms with van der Waals surface area (Å²) in [5.41, 5.74) is 0.0292. The van der Waals surface area contributed by atoms with Crippen LogP contribution in [0.4, 0.5) is 0 Å². The number of aliphatic carboxylic acids is 1. The number of hydrogen-bond donors (Lipinski definition) is 2. The molecule has 3 aliphatic rings. The van der Waals surface area contributed by atoms with Gasteiger partial charge in [0.15, 0.2) is 0 Å². The van der Waals surface area contributed by atoms with Crippen LogP contribution in [0.15, 0.2) is 25.8 Å². The summed E-state index contributed by atoms with van der Waals surface area (Å²) < 4.78 is 0. The van der Waals surface area contributed by atoms with E-state index in [-0.39, 0.29) is 28.8 Å². The van der Waals surface area contributed by atoms with Crippen molar-refractivity contribution in [1.82, 2.24) is 10.2 Å². The average Bonchev–Trinajstić information content (AvgIpc) is 2.79. The van der Waals surface area contributed by atoms with Crippen molar-refractivity contribution in [2.24, 2.45) is 27.0 Å². The highest BCUT2D eigenvalue weighted by molar-refractivity contribution is 8.03. The lowest BCUT2D eigenvalue weighted by Crippen LogP contribution is -2.63. The molecule has 1 saturated heterocycles. The molecular weight excluding hydrogens is 346 g/mol. The van der Waals surface area contributed by atoms with Crippen molar-refractivity contribution in [1.29, 1.82) is 0 Å². The zero-order valence-electron chi connectivity index (χ0n) is 13.8. The Morgan fingerprint density at radius 2 is 2.32 bits per heavy atom. The first-order chi connectivity index (χ1) is 12.0. The fourth-order valence-corrected chi connectivity index (χ4v) is 4.90. The summed E-state index contributed by atoms with van der Waals surface area (Å²) in [6.07, 6.45) is 3.00. The molecule has 0 aliphatic carbocycles. The molecule has 2 N–H and O–H groups in total. The van der Waals surface area contributed by atoms with E-state index in [0.717, 1.165) is 0 Å². The number of thioether (sulfide) groups is 1. The summed E-state index contributed by atoms with van der Waals surface area (Å²) in [5, 5.41) is 15.7. The molecule has 3 aliphatic heterocycles. The zero-order chi connectivity index (χ0) is 18.1. The number of nitrogens with zero attached hydrogens (tertiary/aromatic N) is 4. The maximum absolute atomic E-state index is 12.4. The minimum absolute atomic E-state index is 0.0173. The van der Waals surface area contributed by atoms with E-state index in [2.05, 4.69) is 20.5 Å². The molecule has 0 aromatic rings. The van der Waals surface area contributed by atoms with Gasteiger partial charge in [0.1, 0.15) is 18.1 Å². The number of aliphatic imine (C=N–C) groups is 2. The molecule has 0 aromatic carbocycles. The van der Waals surface area contributed by atoms with E-state index in [1.807, 2.05) is 6.92 Å². The number of nitrogens with one attached hydrogen (secondary N) is 1. The molecule has 3 heterocycles. The second-order valence-corrected chi connectivity index (χ2v) is 7.63. The Morgan fingerprint density at radius 1 is 1.56 bits per heavy atom. The molecule has 0 bridgehead atoms. The fourth-order valence-electron chi connectivity index (χ4n) is 3.55. The van der Waals surface area contributed by atoms with Gasteiger partial charge in [-0.25, -0.2) is 9.79 Å². The quantitative estimate of drug-likeness (QED) is 0.545. The van der Waals surface area contributed by atoms with Crippen LogP contribution < -0.4 is 5.32 Å². The fraction of sp³-hybridized carbons (Fsp3) is 0.600. The first-order valence-electron chi connectivity index (χ1n) is 8.00. The van der Waals surface area contributed by atoms with Crippen LogP contribution in [0.1, 0.15) is 13.8 Å². The van der Waals surface area contributed by atoms with E-state index in [1.54, 1.807) is 13.3 Å². The van der Waals surface area contributed by atoms with E-state index >= 15 is 0 Å². The molecule has 9 nitrogen and oxygen atoms in total. The topological polar surface area (TPSA) is 124 Å². The van der Waals surface area contributed by atoms with Crippen LogP contribution >= 0.6 is 11.8 Å². The van der Waals surface area contributed by atoms with Gasteiger partial charge in [-0.1, -0.05) is 12.1 Å². The van der Waals surface area contributed by atoms with Gasteiger partial charge >= 0.3 is 5.97 Å². The number of hydrogen-bond acceptors (Lipinski definition) is 8. The van der Waals surface area contributed by atoms with Crippen molar-refractivity contribution in [3.8, 4) is 0 Å². The molecule has 5 atom stereocenters. The Morgan fingerprint density at radius 3 is 3.00 bits per heavy atom. The van der Waals surface area contributed by atoms with Gasteiger partial charge in [-0.3, -0.25) is 9.79 Å². The number of β-lactam (4-membered cyclic amide) rings is 1. The highest BCUT2D eigenvalue weighted by Crippen LogP contribution is 2.51. The van der Waals surface area contributed by atoms with Crippen LogP contribution in [0.3, 0.4) is 0 Å². The van der Waals surface area contributed by atoms with Crippen LogP contribution in [0, 0.1) is 16.7 Å². The minimum Gasteiger partial charge on any atom is -0.477 e. The zero-order valence-corrected chi connectivity index (χ0v) is 14.6. The summed E-state index contributed by atoms with van der Waals surface area (Å²) in [5.74, 6) is -2.18. The van der Waals surface area contributed by atoms with E-state index in [1.165, 1.54) is 23.0 Å². The van der Waals surface area contributed by atoms with Crippen molar-refractivity contribution < 1.29 is 14.7 Å². The lowest BCUT2D eigenvalue weighted by molar-refractivity contribution is -0.157. The highest BCUT2D eigenvalue weighted by Gasteiger charge is 2.60. The normalized spacial score (nSPS) is 35.0. The van der Waals surface area contributed by atoms with Crippen molar-refractivity contribution in [3.63, 3.8) is 0 Å². The number of carbonyl (C=O) groups is 2. The monoisotopic (exact) mass is 365 g/mol. The standard InChI is InChI=1S/C15H19N5O4S/c1-7-11-10(8(2)19-24)14(21)20(11)12(15(22)23)13(7)25-9-3-16-5-18-6-17-4-9/h5-11H,3-4H2,1-2H3,(H,22,23)(H,16,17,18)/t7-,8-,10-,11?/m1/s1. The molecule has 0 radical (unpaired) electrons. The lowest BCUT2D eigenvalue weighted by Gasteiger charge is -2.46. The molecule has 134 valence electrons. The summed E-state index contributed by atoms with van der Waals surface area (Å²) in [6, 6.07) is -0.986. The van der Waals surface area contributed by atoms with Gasteiger partial charge in [0.2, 0.25) is 5.91 Å². The van der Waals surface area contributed by atoms with E-state index < -0.39 is 17.9 Å².